The molecule has 1 N–H and O–H groups in total. The van der Waals surface area contributed by atoms with Gasteiger partial charge in [0.15, 0.2) is 0 Å². The van der Waals surface area contributed by atoms with E-state index in [4.69, 9.17) is 18.6 Å². The molecule has 1 unspecified atom stereocenters. The van der Waals surface area contributed by atoms with Gasteiger partial charge in [0.2, 0.25) is 0 Å². The molecule has 0 amide bonds. The molecular weight excluding hydrogens is 516 g/mol. The van der Waals surface area contributed by atoms with Crippen LogP contribution in [0, 0.1) is 11.6 Å². The zero-order valence-electron chi connectivity index (χ0n) is 17.5. The summed E-state index contributed by atoms with van der Waals surface area (Å²) in [4.78, 5) is 0. The van der Waals surface area contributed by atoms with E-state index in [1.807, 2.05) is 60.7 Å². The fourth-order valence-corrected chi connectivity index (χ4v) is 4.66. The van der Waals surface area contributed by atoms with Gasteiger partial charge in [-0.15, -0.1) is 0 Å². The maximum atomic E-state index is 14.2. The molecule has 0 radical (unpaired) electrons. The molecule has 0 aliphatic carbocycles. The molecule has 0 heterocycles. The van der Waals surface area contributed by atoms with E-state index in [0.29, 0.717) is 23.5 Å². The van der Waals surface area contributed by atoms with E-state index in [1.165, 1.54) is 12.1 Å². The first-order valence-corrected chi connectivity index (χ1v) is 15.4. The number of phenolic OH excluding ortho intramolecular Hbond substituents is 1. The van der Waals surface area contributed by atoms with E-state index in [-0.39, 0.29) is 14.3 Å². The van der Waals surface area contributed by atoms with Crippen molar-refractivity contribution in [3.05, 3.63) is 125 Å². The van der Waals surface area contributed by atoms with Gasteiger partial charge >= 0.3 is 35.6 Å². The van der Waals surface area contributed by atoms with E-state index in [9.17, 15) is 13.9 Å². The molecule has 4 aromatic carbocycles. The molecule has 0 spiro atoms. The minimum atomic E-state index is -0.604. The minimum absolute atomic E-state index is 0.107. The number of halogens is 4. The number of phenols is 1. The maximum absolute atomic E-state index is 14.2. The fourth-order valence-electron chi connectivity index (χ4n) is 3.48. The summed E-state index contributed by atoms with van der Waals surface area (Å²) in [7, 11) is 9.67. The molecule has 1 nitrogen and oxygen atoms in total. The van der Waals surface area contributed by atoms with Crippen molar-refractivity contribution < 1.29 is 30.9 Å². The normalized spacial score (nSPS) is 10.7. The predicted octanol–water partition coefficient (Wildman–Crippen LogP) is 6.86. The van der Waals surface area contributed by atoms with Crippen LogP contribution >= 0.6 is 27.2 Å². The van der Waals surface area contributed by atoms with Gasteiger partial charge in [0.05, 0.1) is 0 Å². The second-order valence-corrected chi connectivity index (χ2v) is 11.2. The first-order chi connectivity index (χ1) is 16.0. The van der Waals surface area contributed by atoms with E-state index in [1.54, 1.807) is 0 Å². The summed E-state index contributed by atoms with van der Waals surface area (Å²) >= 11 is -0.556. The van der Waals surface area contributed by atoms with Gasteiger partial charge in [-0.3, -0.25) is 0 Å². The Balaban J connectivity index is 0.000000968. The number of hydrogen-bond acceptors (Lipinski definition) is 1. The third-order valence-electron chi connectivity index (χ3n) is 4.94. The third kappa shape index (κ3) is 7.92. The summed E-state index contributed by atoms with van der Waals surface area (Å²) in [5.41, 5.74) is 4.11. The average molecular weight is 537 g/mol. The van der Waals surface area contributed by atoms with Gasteiger partial charge in [-0.05, 0) is 46.9 Å². The van der Waals surface area contributed by atoms with Gasteiger partial charge < -0.3 is 5.11 Å². The van der Waals surface area contributed by atoms with Crippen LogP contribution in [0.2, 0.25) is 0 Å². The van der Waals surface area contributed by atoms with Crippen LogP contribution in [0.1, 0.15) is 22.3 Å². The zero-order chi connectivity index (χ0) is 23.6. The first kappa shape index (κ1) is 25.9. The molecule has 0 aliphatic heterocycles. The van der Waals surface area contributed by atoms with E-state index in [2.05, 4.69) is 12.1 Å². The fraction of sp³-hybridized carbons (Fsp3) is 0.0769. The van der Waals surface area contributed by atoms with E-state index >= 15 is 0 Å². The van der Waals surface area contributed by atoms with Crippen molar-refractivity contribution in [2.75, 3.05) is 0 Å². The molecule has 168 valence electrons. The van der Waals surface area contributed by atoms with Crippen molar-refractivity contribution in [2.24, 2.45) is 0 Å². The second-order valence-electron chi connectivity index (χ2n) is 7.30. The van der Waals surface area contributed by atoms with Crippen molar-refractivity contribution in [1.82, 2.24) is 0 Å². The molecule has 4 rings (SSSR count). The van der Waals surface area contributed by atoms with Gasteiger partial charge in [-0.25, -0.2) is 8.78 Å². The molecule has 0 aromatic heterocycles. The topological polar surface area (TPSA) is 20.2 Å². The summed E-state index contributed by atoms with van der Waals surface area (Å²) in [5, 5.41) is 12.0. The molecule has 4 aromatic rings. The standard InChI is InChI=1S/C26H21F2OP.2ClH.Ti/c27-22-11-12-24(23(28)17-22)30-25-16-20(13-18-7-3-1-4-8-18)15-21(26(25)29)14-19-9-5-2-6-10-19;;;/h1-12,15-17,29-30H,13-14H2;2*1H;/q;;;+2/p-2. The molecule has 0 saturated carbocycles. The molecule has 0 saturated heterocycles. The SMILES string of the molecule is Oc1c(Cc2ccccc2)cc(Cc2ccccc2)cc1Pc1ccc(F)cc1F.[Cl][Ti][Cl]. The average Bonchev–Trinajstić information content (AvgIpc) is 2.80. The molecule has 7 heteroatoms. The van der Waals surface area contributed by atoms with Crippen molar-refractivity contribution in [2.45, 2.75) is 12.8 Å². The number of benzene rings is 4. The Kier molecular flexibility index (Phi) is 10.4. The van der Waals surface area contributed by atoms with Crippen molar-refractivity contribution in [3.63, 3.8) is 0 Å². The molecular formula is C26H21Cl2F2OPTi. The summed E-state index contributed by atoms with van der Waals surface area (Å²) in [6.07, 6.45) is 1.30. The summed E-state index contributed by atoms with van der Waals surface area (Å²) in [6.45, 7) is 0. The van der Waals surface area contributed by atoms with Crippen LogP contribution in [0.25, 0.3) is 0 Å². The quantitative estimate of drug-likeness (QED) is 0.211. The van der Waals surface area contributed by atoms with Crippen LogP contribution in [0.4, 0.5) is 8.78 Å². The molecule has 1 atom stereocenters. The number of aromatic hydroxyl groups is 1. The Morgan fingerprint density at radius 1 is 0.697 bits per heavy atom. The second kappa shape index (κ2) is 13.2. The Bertz CT molecular complexity index is 1180. The predicted molar refractivity (Wildman–Crippen MR) is 132 cm³/mol. The van der Waals surface area contributed by atoms with Crippen LogP contribution in [0.3, 0.4) is 0 Å². The molecule has 0 aliphatic rings. The molecule has 0 fully saturated rings. The van der Waals surface area contributed by atoms with Gasteiger partial charge in [-0.2, -0.15) is 0 Å². The summed E-state index contributed by atoms with van der Waals surface area (Å²) in [5.74, 6) is -1.02. The van der Waals surface area contributed by atoms with Gasteiger partial charge in [0.25, 0.3) is 0 Å². The Hall–Kier alpha value is -1.74. The van der Waals surface area contributed by atoms with Crippen LogP contribution in [0.5, 0.6) is 5.75 Å². The summed E-state index contributed by atoms with van der Waals surface area (Å²) < 4.78 is 27.5. The van der Waals surface area contributed by atoms with Crippen LogP contribution < -0.4 is 10.6 Å². The third-order valence-corrected chi connectivity index (χ3v) is 6.26. The van der Waals surface area contributed by atoms with Crippen molar-refractivity contribution in [1.29, 1.82) is 0 Å². The Morgan fingerprint density at radius 3 is 1.85 bits per heavy atom. The molecule has 33 heavy (non-hydrogen) atoms. The van der Waals surface area contributed by atoms with E-state index in [0.717, 1.165) is 28.3 Å². The molecule has 0 bridgehead atoms. The van der Waals surface area contributed by atoms with E-state index < -0.39 is 28.7 Å². The van der Waals surface area contributed by atoms with Crippen LogP contribution in [0.15, 0.2) is 91.0 Å². The van der Waals surface area contributed by atoms with Gasteiger partial charge in [-0.1, -0.05) is 75.3 Å². The van der Waals surface area contributed by atoms with Gasteiger partial charge in [0.1, 0.15) is 17.4 Å². The van der Waals surface area contributed by atoms with Crippen LogP contribution in [-0.4, -0.2) is 5.11 Å². The monoisotopic (exact) mass is 536 g/mol. The number of hydrogen-bond donors (Lipinski definition) is 1. The Morgan fingerprint density at radius 2 is 1.27 bits per heavy atom. The van der Waals surface area contributed by atoms with Crippen molar-refractivity contribution >= 4 is 37.8 Å². The first-order valence-electron chi connectivity index (χ1n) is 10.1. The number of rotatable bonds is 6. The Labute approximate surface area is 211 Å². The summed E-state index contributed by atoms with van der Waals surface area (Å²) in [6, 6.07) is 27.6. The van der Waals surface area contributed by atoms with Crippen LogP contribution in [-0.2, 0) is 29.9 Å². The zero-order valence-corrected chi connectivity index (χ0v) is 21.6. The van der Waals surface area contributed by atoms with Gasteiger partial charge in [0, 0.05) is 23.1 Å². The van der Waals surface area contributed by atoms with Crippen molar-refractivity contribution in [3.8, 4) is 5.75 Å².